The van der Waals surface area contributed by atoms with Gasteiger partial charge in [0.1, 0.15) is 18.1 Å². The van der Waals surface area contributed by atoms with Crippen molar-refractivity contribution in [3.63, 3.8) is 0 Å². The van der Waals surface area contributed by atoms with Gasteiger partial charge in [-0.3, -0.25) is 0 Å². The molecule has 0 saturated heterocycles. The summed E-state index contributed by atoms with van der Waals surface area (Å²) in [6.45, 7) is 2.72. The maximum atomic E-state index is 5.81. The highest BCUT2D eigenvalue weighted by atomic mass is 16.5. The molecular formula is C16H17NO2. The first-order chi connectivity index (χ1) is 9.26. The van der Waals surface area contributed by atoms with Crippen LogP contribution >= 0.6 is 0 Å². The van der Waals surface area contributed by atoms with Crippen LogP contribution in [0.2, 0.25) is 0 Å². The normalized spacial score (nSPS) is 17.1. The van der Waals surface area contributed by atoms with E-state index in [1.165, 1.54) is 11.1 Å². The quantitative estimate of drug-likeness (QED) is 0.890. The number of methoxy groups -OCH3 is 1. The molecule has 0 amide bonds. The number of benzene rings is 2. The molecule has 19 heavy (non-hydrogen) atoms. The van der Waals surface area contributed by atoms with Crippen LogP contribution in [0.25, 0.3) is 0 Å². The number of nitrogens with one attached hydrogen (secondary N) is 1. The lowest BCUT2D eigenvalue weighted by atomic mass is 10.0. The summed E-state index contributed by atoms with van der Waals surface area (Å²) in [6, 6.07) is 14.5. The number of hydrogen-bond acceptors (Lipinski definition) is 3. The van der Waals surface area contributed by atoms with Crippen LogP contribution in [0.1, 0.15) is 17.2 Å². The van der Waals surface area contributed by atoms with E-state index >= 15 is 0 Å². The molecule has 3 rings (SSSR count). The fourth-order valence-electron chi connectivity index (χ4n) is 2.30. The molecule has 98 valence electrons. The summed E-state index contributed by atoms with van der Waals surface area (Å²) in [5.41, 5.74) is 3.49. The number of aryl methyl sites for hydroxylation is 1. The average Bonchev–Trinajstić information content (AvgIpc) is 2.46. The largest absolute Gasteiger partial charge is 0.497 e. The van der Waals surface area contributed by atoms with Gasteiger partial charge in [0.15, 0.2) is 0 Å². The summed E-state index contributed by atoms with van der Waals surface area (Å²) in [7, 11) is 1.68. The predicted octanol–water partition coefficient (Wildman–Crippen LogP) is 3.55. The lowest BCUT2D eigenvalue weighted by Gasteiger charge is -2.28. The highest BCUT2D eigenvalue weighted by Crippen LogP contribution is 2.34. The fraction of sp³-hybridized carbons (Fsp3) is 0.250. The van der Waals surface area contributed by atoms with Crippen molar-refractivity contribution in [1.82, 2.24) is 0 Å². The predicted molar refractivity (Wildman–Crippen MR) is 76.0 cm³/mol. The maximum Gasteiger partial charge on any atom is 0.142 e. The zero-order chi connectivity index (χ0) is 13.2. The number of anilines is 1. The van der Waals surface area contributed by atoms with E-state index in [4.69, 9.17) is 9.47 Å². The molecule has 1 atom stereocenters. The Bertz CT molecular complexity index is 578. The Morgan fingerprint density at radius 2 is 1.95 bits per heavy atom. The SMILES string of the molecule is COc1ccc([C@@H]2COc3ccc(C)cc3N2)cc1. The van der Waals surface area contributed by atoms with Crippen LogP contribution in [0, 0.1) is 6.92 Å². The van der Waals surface area contributed by atoms with Crippen LogP contribution in [0.4, 0.5) is 5.69 Å². The zero-order valence-corrected chi connectivity index (χ0v) is 11.1. The summed E-state index contributed by atoms with van der Waals surface area (Å²) in [6.07, 6.45) is 0. The lowest BCUT2D eigenvalue weighted by Crippen LogP contribution is -2.23. The third-order valence-electron chi connectivity index (χ3n) is 3.39. The first-order valence-corrected chi connectivity index (χ1v) is 6.40. The highest BCUT2D eigenvalue weighted by molar-refractivity contribution is 5.60. The van der Waals surface area contributed by atoms with Gasteiger partial charge in [-0.15, -0.1) is 0 Å². The summed E-state index contributed by atoms with van der Waals surface area (Å²) in [5, 5.41) is 3.53. The first kappa shape index (κ1) is 11.9. The molecule has 0 radical (unpaired) electrons. The standard InChI is InChI=1S/C16H17NO2/c1-11-3-8-16-14(9-11)17-15(10-19-16)12-4-6-13(18-2)7-5-12/h3-9,15,17H,10H2,1-2H3/t15-/m0/s1. The Labute approximate surface area is 113 Å². The van der Waals surface area contributed by atoms with Crippen molar-refractivity contribution in [2.24, 2.45) is 0 Å². The number of ether oxygens (including phenoxy) is 2. The van der Waals surface area contributed by atoms with Gasteiger partial charge >= 0.3 is 0 Å². The smallest absolute Gasteiger partial charge is 0.142 e. The molecular weight excluding hydrogens is 238 g/mol. The molecule has 1 heterocycles. The summed E-state index contributed by atoms with van der Waals surface area (Å²) in [5.74, 6) is 1.80. The third kappa shape index (κ3) is 2.36. The van der Waals surface area contributed by atoms with Crippen LogP contribution in [0.3, 0.4) is 0 Å². The Balaban J connectivity index is 1.84. The number of hydrogen-bond donors (Lipinski definition) is 1. The summed E-state index contributed by atoms with van der Waals surface area (Å²) >= 11 is 0. The molecule has 0 aromatic heterocycles. The molecule has 0 saturated carbocycles. The first-order valence-electron chi connectivity index (χ1n) is 6.40. The second-order valence-electron chi connectivity index (χ2n) is 4.78. The minimum absolute atomic E-state index is 0.181. The Kier molecular flexibility index (Phi) is 3.03. The van der Waals surface area contributed by atoms with Crippen LogP contribution < -0.4 is 14.8 Å². The number of fused-ring (bicyclic) bond motifs is 1. The van der Waals surface area contributed by atoms with Crippen molar-refractivity contribution in [2.75, 3.05) is 19.0 Å². The van der Waals surface area contributed by atoms with Crippen LogP contribution in [0.15, 0.2) is 42.5 Å². The van der Waals surface area contributed by atoms with E-state index in [9.17, 15) is 0 Å². The topological polar surface area (TPSA) is 30.5 Å². The molecule has 0 fully saturated rings. The van der Waals surface area contributed by atoms with E-state index in [-0.39, 0.29) is 6.04 Å². The van der Waals surface area contributed by atoms with E-state index in [1.54, 1.807) is 7.11 Å². The minimum atomic E-state index is 0.181. The van der Waals surface area contributed by atoms with Gasteiger partial charge in [-0.1, -0.05) is 18.2 Å². The van der Waals surface area contributed by atoms with E-state index in [2.05, 4.69) is 36.5 Å². The molecule has 2 aromatic carbocycles. The van der Waals surface area contributed by atoms with E-state index in [0.717, 1.165) is 17.2 Å². The van der Waals surface area contributed by atoms with Gasteiger partial charge in [0.05, 0.1) is 18.8 Å². The molecule has 3 nitrogen and oxygen atoms in total. The van der Waals surface area contributed by atoms with Crippen LogP contribution in [-0.2, 0) is 0 Å². The molecule has 0 aliphatic carbocycles. The maximum absolute atomic E-state index is 5.81. The average molecular weight is 255 g/mol. The second kappa shape index (κ2) is 4.84. The van der Waals surface area contributed by atoms with Crippen LogP contribution in [-0.4, -0.2) is 13.7 Å². The van der Waals surface area contributed by atoms with E-state index in [0.29, 0.717) is 6.61 Å². The molecule has 0 spiro atoms. The monoisotopic (exact) mass is 255 g/mol. The third-order valence-corrected chi connectivity index (χ3v) is 3.39. The molecule has 1 aliphatic rings. The zero-order valence-electron chi connectivity index (χ0n) is 11.1. The van der Waals surface area contributed by atoms with E-state index in [1.807, 2.05) is 18.2 Å². The Morgan fingerprint density at radius 3 is 2.68 bits per heavy atom. The van der Waals surface area contributed by atoms with Crippen molar-refractivity contribution in [1.29, 1.82) is 0 Å². The molecule has 1 aliphatic heterocycles. The van der Waals surface area contributed by atoms with Gasteiger partial charge in [-0.2, -0.15) is 0 Å². The van der Waals surface area contributed by atoms with Gasteiger partial charge in [0.25, 0.3) is 0 Å². The van der Waals surface area contributed by atoms with Crippen molar-refractivity contribution in [3.8, 4) is 11.5 Å². The molecule has 3 heteroatoms. The lowest BCUT2D eigenvalue weighted by molar-refractivity contribution is 0.286. The minimum Gasteiger partial charge on any atom is -0.497 e. The summed E-state index contributed by atoms with van der Waals surface area (Å²) < 4.78 is 11.0. The second-order valence-corrected chi connectivity index (χ2v) is 4.78. The van der Waals surface area contributed by atoms with Crippen molar-refractivity contribution in [3.05, 3.63) is 53.6 Å². The Morgan fingerprint density at radius 1 is 1.16 bits per heavy atom. The fourth-order valence-corrected chi connectivity index (χ4v) is 2.30. The van der Waals surface area contributed by atoms with Crippen molar-refractivity contribution in [2.45, 2.75) is 13.0 Å². The van der Waals surface area contributed by atoms with E-state index < -0.39 is 0 Å². The van der Waals surface area contributed by atoms with Gasteiger partial charge in [-0.05, 0) is 42.3 Å². The van der Waals surface area contributed by atoms with Gasteiger partial charge in [0, 0.05) is 0 Å². The Hall–Kier alpha value is -2.16. The molecule has 0 bridgehead atoms. The summed E-state index contributed by atoms with van der Waals surface area (Å²) in [4.78, 5) is 0. The van der Waals surface area contributed by atoms with Gasteiger partial charge < -0.3 is 14.8 Å². The molecule has 1 N–H and O–H groups in total. The van der Waals surface area contributed by atoms with Crippen molar-refractivity contribution >= 4 is 5.69 Å². The highest BCUT2D eigenvalue weighted by Gasteiger charge is 2.20. The number of rotatable bonds is 2. The molecule has 0 unspecified atom stereocenters. The van der Waals surface area contributed by atoms with Gasteiger partial charge in [-0.25, -0.2) is 0 Å². The van der Waals surface area contributed by atoms with Crippen molar-refractivity contribution < 1.29 is 9.47 Å². The molecule has 2 aromatic rings. The van der Waals surface area contributed by atoms with Gasteiger partial charge in [0.2, 0.25) is 0 Å². The van der Waals surface area contributed by atoms with Crippen LogP contribution in [0.5, 0.6) is 11.5 Å².